The fourth-order valence-corrected chi connectivity index (χ4v) is 3.91. The molecule has 1 rings (SSSR count). The molecule has 0 bridgehead atoms. The van der Waals surface area contributed by atoms with Crippen LogP contribution >= 0.6 is 0 Å². The second-order valence-corrected chi connectivity index (χ2v) is 7.55. The van der Waals surface area contributed by atoms with Crippen LogP contribution in [0.2, 0.25) is 0 Å². The lowest BCUT2D eigenvalue weighted by Gasteiger charge is -2.35. The summed E-state index contributed by atoms with van der Waals surface area (Å²) in [6, 6.07) is -0.00231. The van der Waals surface area contributed by atoms with E-state index >= 15 is 0 Å². The zero-order valence-electron chi connectivity index (χ0n) is 12.1. The van der Waals surface area contributed by atoms with Crippen molar-refractivity contribution in [3.05, 3.63) is 0 Å². The molecule has 7 heteroatoms. The van der Waals surface area contributed by atoms with Crippen LogP contribution in [0, 0.1) is 0 Å². The molecule has 0 aromatic carbocycles. The number of ether oxygens (including phenoxy) is 1. The van der Waals surface area contributed by atoms with Gasteiger partial charge in [0.2, 0.25) is 0 Å². The van der Waals surface area contributed by atoms with Crippen LogP contribution in [-0.2, 0) is 19.4 Å². The lowest BCUT2D eigenvalue weighted by Crippen LogP contribution is -2.53. The van der Waals surface area contributed by atoms with Crippen LogP contribution in [0.3, 0.4) is 0 Å². The molecule has 1 saturated heterocycles. The van der Waals surface area contributed by atoms with Gasteiger partial charge >= 0.3 is 5.97 Å². The lowest BCUT2D eigenvalue weighted by atomic mass is 9.97. The van der Waals surface area contributed by atoms with Gasteiger partial charge in [0.05, 0.1) is 18.6 Å². The summed E-state index contributed by atoms with van der Waals surface area (Å²) in [5.74, 6) is 0.0973. The number of rotatable bonds is 5. The third kappa shape index (κ3) is 4.15. The molecular formula is C12H24N2O4S. The predicted molar refractivity (Wildman–Crippen MR) is 73.8 cm³/mol. The first-order chi connectivity index (χ1) is 8.74. The molecule has 0 aromatic rings. The predicted octanol–water partition coefficient (Wildman–Crippen LogP) is -0.353. The van der Waals surface area contributed by atoms with Crippen LogP contribution in [-0.4, -0.2) is 69.6 Å². The van der Waals surface area contributed by atoms with Crippen LogP contribution in [0.25, 0.3) is 0 Å². The average Bonchev–Trinajstić information content (AvgIpc) is 2.35. The van der Waals surface area contributed by atoms with Crippen molar-refractivity contribution in [1.29, 1.82) is 0 Å². The number of hydrogen-bond acceptors (Lipinski definition) is 6. The largest absolute Gasteiger partial charge is 0.468 e. The van der Waals surface area contributed by atoms with Gasteiger partial charge in [0.25, 0.3) is 0 Å². The number of likely N-dealkylation sites (N-methyl/N-ethyl adjacent to an activating group) is 1. The molecule has 112 valence electrons. The van der Waals surface area contributed by atoms with E-state index in [1.54, 1.807) is 14.0 Å². The monoisotopic (exact) mass is 292 g/mol. The molecule has 2 unspecified atom stereocenters. The van der Waals surface area contributed by atoms with E-state index in [4.69, 9.17) is 4.74 Å². The third-order valence-corrected chi connectivity index (χ3v) is 5.69. The van der Waals surface area contributed by atoms with E-state index in [0.29, 0.717) is 19.5 Å². The highest BCUT2D eigenvalue weighted by atomic mass is 32.2. The highest BCUT2D eigenvalue weighted by molar-refractivity contribution is 7.91. The molecule has 1 aliphatic heterocycles. The molecule has 1 heterocycles. The molecule has 0 radical (unpaired) electrons. The Morgan fingerprint density at radius 1 is 1.53 bits per heavy atom. The van der Waals surface area contributed by atoms with E-state index in [-0.39, 0.29) is 23.5 Å². The van der Waals surface area contributed by atoms with Gasteiger partial charge in [-0.1, -0.05) is 0 Å². The van der Waals surface area contributed by atoms with E-state index in [1.807, 2.05) is 6.92 Å². The zero-order chi connectivity index (χ0) is 14.7. The molecule has 1 aliphatic rings. The van der Waals surface area contributed by atoms with Crippen molar-refractivity contribution < 1.29 is 17.9 Å². The minimum atomic E-state index is -2.89. The van der Waals surface area contributed by atoms with E-state index < -0.39 is 15.4 Å². The number of carbonyl (C=O) groups is 1. The summed E-state index contributed by atoms with van der Waals surface area (Å²) in [4.78, 5) is 13.8. The van der Waals surface area contributed by atoms with Gasteiger partial charge in [-0.25, -0.2) is 8.42 Å². The highest BCUT2D eigenvalue weighted by Gasteiger charge is 2.35. The molecular weight excluding hydrogens is 268 g/mol. The molecule has 1 N–H and O–H groups in total. The summed E-state index contributed by atoms with van der Waals surface area (Å²) in [7, 11) is 0.198. The van der Waals surface area contributed by atoms with Crippen LogP contribution in [0.4, 0.5) is 0 Å². The van der Waals surface area contributed by atoms with E-state index in [0.717, 1.165) is 0 Å². The molecule has 19 heavy (non-hydrogen) atoms. The molecule has 0 saturated carbocycles. The summed E-state index contributed by atoms with van der Waals surface area (Å²) >= 11 is 0. The minimum absolute atomic E-state index is 0.00231. The van der Waals surface area contributed by atoms with Gasteiger partial charge in [-0.2, -0.15) is 0 Å². The molecule has 1 fully saturated rings. The maximum absolute atomic E-state index is 11.7. The molecule has 2 atom stereocenters. The summed E-state index contributed by atoms with van der Waals surface area (Å²) in [5.41, 5.74) is -0.731. The van der Waals surface area contributed by atoms with Crippen LogP contribution in [0.5, 0.6) is 0 Å². The number of nitrogens with zero attached hydrogens (tertiary/aromatic N) is 1. The molecule has 0 amide bonds. The Kier molecular flexibility index (Phi) is 5.34. The smallest absolute Gasteiger partial charge is 0.325 e. The Labute approximate surface area is 115 Å². The first kappa shape index (κ1) is 16.4. The van der Waals surface area contributed by atoms with Crippen LogP contribution < -0.4 is 5.32 Å². The van der Waals surface area contributed by atoms with Gasteiger partial charge < -0.3 is 10.1 Å². The normalized spacial score (nSPS) is 26.6. The van der Waals surface area contributed by atoms with Gasteiger partial charge in [0.15, 0.2) is 9.84 Å². The quantitative estimate of drug-likeness (QED) is 0.698. The Morgan fingerprint density at radius 2 is 2.16 bits per heavy atom. The number of carbonyl (C=O) groups excluding carboxylic acids is 1. The van der Waals surface area contributed by atoms with Gasteiger partial charge in [-0.3, -0.25) is 9.69 Å². The highest BCUT2D eigenvalue weighted by Crippen LogP contribution is 2.16. The molecule has 6 nitrogen and oxygen atoms in total. The number of sulfone groups is 1. The molecule has 0 spiro atoms. The second kappa shape index (κ2) is 6.19. The second-order valence-electron chi connectivity index (χ2n) is 5.32. The standard InChI is InChI=1S/C12H24N2O4S/c1-10-9-19(16,17)8-7-14(10)6-5-12(2,13-3)11(15)18-4/h10,13H,5-9H2,1-4H3. The fourth-order valence-electron chi connectivity index (χ4n) is 2.29. The number of hydrogen-bond donors (Lipinski definition) is 1. The van der Waals surface area contributed by atoms with Gasteiger partial charge in [-0.15, -0.1) is 0 Å². The maximum atomic E-state index is 11.7. The fraction of sp³-hybridized carbons (Fsp3) is 0.917. The molecule has 0 aliphatic carbocycles. The van der Waals surface area contributed by atoms with Crippen LogP contribution in [0.15, 0.2) is 0 Å². The average molecular weight is 292 g/mol. The van der Waals surface area contributed by atoms with Crippen molar-refractivity contribution in [2.75, 3.05) is 38.8 Å². The Hall–Kier alpha value is -0.660. The summed E-state index contributed by atoms with van der Waals surface area (Å²) in [6.07, 6.45) is 0.584. The van der Waals surface area contributed by atoms with Crippen molar-refractivity contribution in [2.24, 2.45) is 0 Å². The first-order valence-corrected chi connectivity index (χ1v) is 8.28. The van der Waals surface area contributed by atoms with Crippen LogP contribution in [0.1, 0.15) is 20.3 Å². The minimum Gasteiger partial charge on any atom is -0.468 e. The van der Waals surface area contributed by atoms with E-state index in [9.17, 15) is 13.2 Å². The first-order valence-electron chi connectivity index (χ1n) is 6.46. The van der Waals surface area contributed by atoms with E-state index in [1.165, 1.54) is 7.11 Å². The summed E-state index contributed by atoms with van der Waals surface area (Å²) in [5, 5.41) is 2.98. The van der Waals surface area contributed by atoms with Gasteiger partial charge in [0.1, 0.15) is 5.54 Å². The van der Waals surface area contributed by atoms with Crippen molar-refractivity contribution in [1.82, 2.24) is 10.2 Å². The Bertz CT molecular complexity index is 423. The number of esters is 1. The lowest BCUT2D eigenvalue weighted by molar-refractivity contribution is -0.148. The SMILES string of the molecule is CNC(C)(CCN1CCS(=O)(=O)CC1C)C(=O)OC. The van der Waals surface area contributed by atoms with Gasteiger partial charge in [0, 0.05) is 19.1 Å². The summed E-state index contributed by atoms with van der Waals surface area (Å²) < 4.78 is 27.8. The summed E-state index contributed by atoms with van der Waals surface area (Å²) in [6.45, 7) is 4.91. The maximum Gasteiger partial charge on any atom is 0.325 e. The van der Waals surface area contributed by atoms with Crippen molar-refractivity contribution in [3.8, 4) is 0 Å². The third-order valence-electron chi connectivity index (χ3n) is 3.89. The Morgan fingerprint density at radius 3 is 2.63 bits per heavy atom. The topological polar surface area (TPSA) is 75.7 Å². The molecule has 0 aromatic heterocycles. The number of methoxy groups -OCH3 is 1. The van der Waals surface area contributed by atoms with Gasteiger partial charge in [-0.05, 0) is 27.3 Å². The zero-order valence-corrected chi connectivity index (χ0v) is 12.9. The van der Waals surface area contributed by atoms with Crippen molar-refractivity contribution in [3.63, 3.8) is 0 Å². The Balaban J connectivity index is 2.59. The van der Waals surface area contributed by atoms with Crippen molar-refractivity contribution in [2.45, 2.75) is 31.8 Å². The number of nitrogens with one attached hydrogen (secondary N) is 1. The van der Waals surface area contributed by atoms with E-state index in [2.05, 4.69) is 10.2 Å². The van der Waals surface area contributed by atoms with Crippen molar-refractivity contribution >= 4 is 15.8 Å².